The van der Waals surface area contributed by atoms with E-state index < -0.39 is 0 Å². The molecule has 1 aromatic heterocycles. The fourth-order valence-corrected chi connectivity index (χ4v) is 2.63. The molecule has 1 aliphatic rings. The highest BCUT2D eigenvalue weighted by Gasteiger charge is 2.23. The number of likely N-dealkylation sites (tertiary alicyclic amines) is 1. The van der Waals surface area contributed by atoms with E-state index in [-0.39, 0.29) is 0 Å². The number of nitrogens with zero attached hydrogens (tertiary/aromatic N) is 3. The van der Waals surface area contributed by atoms with Gasteiger partial charge in [0.15, 0.2) is 0 Å². The first-order valence-electron chi connectivity index (χ1n) is 6.96. The summed E-state index contributed by atoms with van der Waals surface area (Å²) in [6.07, 6.45) is 2.56. The Labute approximate surface area is 111 Å². The fourth-order valence-electron chi connectivity index (χ4n) is 2.63. The van der Waals surface area contributed by atoms with Crippen molar-refractivity contribution in [3.63, 3.8) is 0 Å². The predicted molar refractivity (Wildman–Crippen MR) is 77.2 cm³/mol. The number of hydrogen-bond donors (Lipinski definition) is 0. The highest BCUT2D eigenvalue weighted by molar-refractivity contribution is 5.37. The van der Waals surface area contributed by atoms with Crippen molar-refractivity contribution in [2.75, 3.05) is 32.1 Å². The normalized spacial score (nSPS) is 21.3. The Bertz CT molecular complexity index is 387. The van der Waals surface area contributed by atoms with Crippen molar-refractivity contribution in [1.82, 2.24) is 9.88 Å². The molecule has 0 spiro atoms. The van der Waals surface area contributed by atoms with Crippen LogP contribution in [0.1, 0.15) is 38.3 Å². The largest absolute Gasteiger partial charge is 0.363 e. The van der Waals surface area contributed by atoms with E-state index in [4.69, 9.17) is 4.98 Å². The molecule has 1 aliphatic heterocycles. The molecule has 0 amide bonds. The van der Waals surface area contributed by atoms with Gasteiger partial charge in [-0.25, -0.2) is 4.98 Å². The van der Waals surface area contributed by atoms with Gasteiger partial charge in [-0.2, -0.15) is 0 Å². The summed E-state index contributed by atoms with van der Waals surface area (Å²) in [6, 6.07) is 7.03. The maximum atomic E-state index is 4.79. The summed E-state index contributed by atoms with van der Waals surface area (Å²) in [5, 5.41) is 0. The van der Waals surface area contributed by atoms with Gasteiger partial charge >= 0.3 is 0 Å². The molecule has 0 radical (unpaired) electrons. The SMILES string of the molecule is CC(C)N1CCCC(c2cccc(N(C)C)n2)C1. The quantitative estimate of drug-likeness (QED) is 0.818. The van der Waals surface area contributed by atoms with Crippen molar-refractivity contribution >= 4 is 5.82 Å². The summed E-state index contributed by atoms with van der Waals surface area (Å²) in [6.45, 7) is 6.96. The predicted octanol–water partition coefficient (Wildman–Crippen LogP) is 2.74. The van der Waals surface area contributed by atoms with E-state index in [1.54, 1.807) is 0 Å². The highest BCUT2D eigenvalue weighted by atomic mass is 15.2. The molecule has 2 heterocycles. The second kappa shape index (κ2) is 5.70. The number of piperidine rings is 1. The van der Waals surface area contributed by atoms with Crippen molar-refractivity contribution in [3.05, 3.63) is 23.9 Å². The first kappa shape index (κ1) is 13.3. The number of pyridine rings is 1. The Balaban J connectivity index is 2.13. The number of hydrogen-bond acceptors (Lipinski definition) is 3. The zero-order valence-electron chi connectivity index (χ0n) is 12.1. The molecule has 1 unspecified atom stereocenters. The lowest BCUT2D eigenvalue weighted by Crippen LogP contribution is -2.39. The van der Waals surface area contributed by atoms with Crippen molar-refractivity contribution in [3.8, 4) is 0 Å². The smallest absolute Gasteiger partial charge is 0.128 e. The topological polar surface area (TPSA) is 19.4 Å². The van der Waals surface area contributed by atoms with Crippen LogP contribution >= 0.6 is 0 Å². The first-order valence-corrected chi connectivity index (χ1v) is 6.96. The molecule has 2 rings (SSSR count). The minimum absolute atomic E-state index is 0.598. The molecular weight excluding hydrogens is 222 g/mol. The van der Waals surface area contributed by atoms with Crippen LogP contribution in [0.15, 0.2) is 18.2 Å². The van der Waals surface area contributed by atoms with Gasteiger partial charge in [0.25, 0.3) is 0 Å². The Morgan fingerprint density at radius 1 is 1.33 bits per heavy atom. The molecule has 0 aliphatic carbocycles. The van der Waals surface area contributed by atoms with Crippen LogP contribution in [0.3, 0.4) is 0 Å². The summed E-state index contributed by atoms with van der Waals surface area (Å²) in [7, 11) is 4.10. The van der Waals surface area contributed by atoms with E-state index in [1.165, 1.54) is 25.1 Å². The Kier molecular flexibility index (Phi) is 4.23. The van der Waals surface area contributed by atoms with E-state index in [9.17, 15) is 0 Å². The standard InChI is InChI=1S/C15H25N3/c1-12(2)18-10-6-7-13(11-18)14-8-5-9-15(16-14)17(3)4/h5,8-9,12-13H,6-7,10-11H2,1-4H3. The Hall–Kier alpha value is -1.09. The first-order chi connectivity index (χ1) is 8.58. The molecule has 0 aromatic carbocycles. The zero-order valence-corrected chi connectivity index (χ0v) is 12.1. The lowest BCUT2D eigenvalue weighted by atomic mass is 9.93. The summed E-state index contributed by atoms with van der Waals surface area (Å²) in [5.74, 6) is 1.66. The number of aromatic nitrogens is 1. The molecule has 1 atom stereocenters. The molecule has 1 fully saturated rings. The third-order valence-corrected chi connectivity index (χ3v) is 3.82. The summed E-state index contributed by atoms with van der Waals surface area (Å²) in [5.41, 5.74) is 1.26. The Morgan fingerprint density at radius 2 is 2.11 bits per heavy atom. The van der Waals surface area contributed by atoms with Crippen LogP contribution in [0, 0.1) is 0 Å². The summed E-state index contributed by atoms with van der Waals surface area (Å²) < 4.78 is 0. The van der Waals surface area contributed by atoms with Gasteiger partial charge in [-0.3, -0.25) is 0 Å². The van der Waals surface area contributed by atoms with Crippen LogP contribution < -0.4 is 4.90 Å². The van der Waals surface area contributed by atoms with Gasteiger partial charge in [0.2, 0.25) is 0 Å². The maximum absolute atomic E-state index is 4.79. The third-order valence-electron chi connectivity index (χ3n) is 3.82. The number of anilines is 1. The van der Waals surface area contributed by atoms with Gasteiger partial charge in [0.05, 0.1) is 0 Å². The van der Waals surface area contributed by atoms with E-state index in [2.05, 4.69) is 41.8 Å². The van der Waals surface area contributed by atoms with Gasteiger partial charge in [0.1, 0.15) is 5.82 Å². The van der Waals surface area contributed by atoms with Crippen LogP contribution in [0.4, 0.5) is 5.82 Å². The van der Waals surface area contributed by atoms with Gasteiger partial charge in [-0.15, -0.1) is 0 Å². The van der Waals surface area contributed by atoms with Crippen LogP contribution in [0.25, 0.3) is 0 Å². The minimum atomic E-state index is 0.598. The molecule has 0 bridgehead atoms. The molecule has 100 valence electrons. The van der Waals surface area contributed by atoms with Gasteiger partial charge < -0.3 is 9.80 Å². The molecule has 0 saturated carbocycles. The molecule has 18 heavy (non-hydrogen) atoms. The van der Waals surface area contributed by atoms with Crippen molar-refractivity contribution in [2.45, 2.75) is 38.6 Å². The van der Waals surface area contributed by atoms with Crippen LogP contribution in [0.5, 0.6) is 0 Å². The summed E-state index contributed by atoms with van der Waals surface area (Å²) >= 11 is 0. The molecule has 3 heteroatoms. The lowest BCUT2D eigenvalue weighted by Gasteiger charge is -2.35. The monoisotopic (exact) mass is 247 g/mol. The second-order valence-electron chi connectivity index (χ2n) is 5.74. The van der Waals surface area contributed by atoms with Crippen LogP contribution in [-0.2, 0) is 0 Å². The average Bonchev–Trinajstić information content (AvgIpc) is 2.39. The third kappa shape index (κ3) is 3.02. The van der Waals surface area contributed by atoms with Crippen molar-refractivity contribution < 1.29 is 0 Å². The van der Waals surface area contributed by atoms with E-state index in [1.807, 2.05) is 14.1 Å². The molecular formula is C15H25N3. The highest BCUT2D eigenvalue weighted by Crippen LogP contribution is 2.27. The van der Waals surface area contributed by atoms with Crippen LogP contribution in [-0.4, -0.2) is 43.1 Å². The fraction of sp³-hybridized carbons (Fsp3) is 0.667. The van der Waals surface area contributed by atoms with Crippen molar-refractivity contribution in [2.24, 2.45) is 0 Å². The van der Waals surface area contributed by atoms with Crippen molar-refractivity contribution in [1.29, 1.82) is 0 Å². The van der Waals surface area contributed by atoms with Crippen LogP contribution in [0.2, 0.25) is 0 Å². The lowest BCUT2D eigenvalue weighted by molar-refractivity contribution is 0.166. The summed E-state index contributed by atoms with van der Waals surface area (Å²) in [4.78, 5) is 9.43. The number of rotatable bonds is 3. The maximum Gasteiger partial charge on any atom is 0.128 e. The second-order valence-corrected chi connectivity index (χ2v) is 5.74. The molecule has 1 saturated heterocycles. The van der Waals surface area contributed by atoms with E-state index >= 15 is 0 Å². The molecule has 0 N–H and O–H groups in total. The van der Waals surface area contributed by atoms with Gasteiger partial charge in [-0.1, -0.05) is 6.07 Å². The van der Waals surface area contributed by atoms with E-state index in [0.717, 1.165) is 12.4 Å². The molecule has 1 aromatic rings. The average molecular weight is 247 g/mol. The Morgan fingerprint density at radius 3 is 2.78 bits per heavy atom. The van der Waals surface area contributed by atoms with Gasteiger partial charge in [0, 0.05) is 38.3 Å². The zero-order chi connectivity index (χ0) is 13.1. The van der Waals surface area contributed by atoms with Gasteiger partial charge in [-0.05, 0) is 45.4 Å². The minimum Gasteiger partial charge on any atom is -0.363 e. The molecule has 3 nitrogen and oxygen atoms in total. The van der Waals surface area contributed by atoms with E-state index in [0.29, 0.717) is 12.0 Å².